The second-order valence-electron chi connectivity index (χ2n) is 6.08. The highest BCUT2D eigenvalue weighted by Crippen LogP contribution is 2.23. The summed E-state index contributed by atoms with van der Waals surface area (Å²) in [5, 5.41) is 9.65. The van der Waals surface area contributed by atoms with Gasteiger partial charge in [-0.1, -0.05) is 35.6 Å². The quantitative estimate of drug-likeness (QED) is 0.516. The van der Waals surface area contributed by atoms with Crippen LogP contribution < -0.4 is 10.1 Å². The zero-order valence-corrected chi connectivity index (χ0v) is 15.8. The summed E-state index contributed by atoms with van der Waals surface area (Å²) < 4.78 is 7.48. The van der Waals surface area contributed by atoms with Crippen molar-refractivity contribution in [3.8, 4) is 10.9 Å². The molecular weight excluding hydrogens is 372 g/mol. The van der Waals surface area contributed by atoms with Crippen molar-refractivity contribution in [2.24, 2.45) is 0 Å². The van der Waals surface area contributed by atoms with Crippen LogP contribution in [0.25, 0.3) is 0 Å². The molecule has 0 saturated heterocycles. The number of amides is 1. The molecule has 6 nitrogen and oxygen atoms in total. The number of nitrogens with one attached hydrogen (secondary N) is 1. The first-order chi connectivity index (χ1) is 13.8. The molecule has 4 aromatic rings. The summed E-state index contributed by atoms with van der Waals surface area (Å²) in [5.41, 5.74) is 2.77. The third-order valence-corrected chi connectivity index (χ3v) is 4.83. The third-order valence-electron chi connectivity index (χ3n) is 4.18. The second kappa shape index (κ2) is 8.49. The zero-order chi connectivity index (χ0) is 19.2. The maximum Gasteiger partial charge on any atom is 0.278 e. The molecule has 1 N–H and O–H groups in total. The largest absolute Gasteiger partial charge is 0.431 e. The van der Waals surface area contributed by atoms with Crippen LogP contribution in [0.5, 0.6) is 10.9 Å². The fourth-order valence-corrected chi connectivity index (χ4v) is 3.27. The van der Waals surface area contributed by atoms with Crippen molar-refractivity contribution in [1.82, 2.24) is 20.1 Å². The Hall–Kier alpha value is -3.45. The van der Waals surface area contributed by atoms with Gasteiger partial charge in [-0.05, 0) is 41.5 Å². The van der Waals surface area contributed by atoms with E-state index >= 15 is 0 Å². The number of carbonyl (C=O) groups excluding carboxylic acids is 1. The summed E-state index contributed by atoms with van der Waals surface area (Å²) in [6, 6.07) is 16.9. The molecule has 0 fully saturated rings. The standard InChI is InChI=1S/C21H18N4O2S/c26-20(16-6-8-19(9-7-16)27-21-22-11-13-28-21)23-14-17-4-1-2-5-18(17)15-25-12-3-10-24-25/h1-13H,14-15H2,(H,23,26). The number of hydrogen-bond acceptors (Lipinski definition) is 5. The van der Waals surface area contributed by atoms with Crippen LogP contribution in [0, 0.1) is 0 Å². The molecule has 0 unspecified atom stereocenters. The van der Waals surface area contributed by atoms with E-state index in [0.717, 1.165) is 11.1 Å². The Balaban J connectivity index is 1.38. The number of thiazole rings is 1. The van der Waals surface area contributed by atoms with Crippen molar-refractivity contribution in [3.05, 3.63) is 95.3 Å². The van der Waals surface area contributed by atoms with E-state index in [9.17, 15) is 4.79 Å². The van der Waals surface area contributed by atoms with E-state index in [0.29, 0.717) is 29.6 Å². The van der Waals surface area contributed by atoms with Crippen molar-refractivity contribution in [2.75, 3.05) is 0 Å². The Morgan fingerprint density at radius 1 is 1.04 bits per heavy atom. The van der Waals surface area contributed by atoms with Crippen molar-refractivity contribution < 1.29 is 9.53 Å². The fraction of sp³-hybridized carbons (Fsp3) is 0.0952. The van der Waals surface area contributed by atoms with Gasteiger partial charge in [-0.25, -0.2) is 4.98 Å². The molecule has 0 atom stereocenters. The molecule has 28 heavy (non-hydrogen) atoms. The van der Waals surface area contributed by atoms with Crippen molar-refractivity contribution in [1.29, 1.82) is 0 Å². The van der Waals surface area contributed by atoms with Gasteiger partial charge < -0.3 is 10.1 Å². The lowest BCUT2D eigenvalue weighted by atomic mass is 10.1. The fourth-order valence-electron chi connectivity index (χ4n) is 2.77. The van der Waals surface area contributed by atoms with Gasteiger partial charge in [-0.3, -0.25) is 9.48 Å². The van der Waals surface area contributed by atoms with Crippen LogP contribution >= 0.6 is 11.3 Å². The van der Waals surface area contributed by atoms with Crippen LogP contribution in [0.4, 0.5) is 0 Å². The molecule has 0 bridgehead atoms. The lowest BCUT2D eigenvalue weighted by Gasteiger charge is -2.11. The Morgan fingerprint density at radius 2 is 1.86 bits per heavy atom. The highest BCUT2D eigenvalue weighted by atomic mass is 32.1. The van der Waals surface area contributed by atoms with Gasteiger partial charge in [-0.15, -0.1) is 0 Å². The highest BCUT2D eigenvalue weighted by Gasteiger charge is 2.09. The number of rotatable bonds is 7. The van der Waals surface area contributed by atoms with Gasteiger partial charge in [0.05, 0.1) is 6.54 Å². The molecule has 2 heterocycles. The Bertz CT molecular complexity index is 1030. The molecule has 0 radical (unpaired) electrons. The minimum Gasteiger partial charge on any atom is -0.431 e. The Kier molecular flexibility index (Phi) is 5.44. The van der Waals surface area contributed by atoms with Crippen LogP contribution in [-0.2, 0) is 13.1 Å². The number of aromatic nitrogens is 3. The summed E-state index contributed by atoms with van der Waals surface area (Å²) >= 11 is 1.42. The molecule has 2 aromatic carbocycles. The van der Waals surface area contributed by atoms with Crippen LogP contribution in [0.3, 0.4) is 0 Å². The third kappa shape index (κ3) is 4.44. The maximum atomic E-state index is 12.5. The molecule has 0 saturated carbocycles. The first kappa shape index (κ1) is 17.9. The smallest absolute Gasteiger partial charge is 0.278 e. The highest BCUT2D eigenvalue weighted by molar-refractivity contribution is 7.11. The number of carbonyl (C=O) groups is 1. The molecule has 2 aromatic heterocycles. The SMILES string of the molecule is O=C(NCc1ccccc1Cn1cccn1)c1ccc(Oc2nccs2)cc1. The van der Waals surface area contributed by atoms with E-state index in [-0.39, 0.29) is 5.91 Å². The van der Waals surface area contributed by atoms with E-state index < -0.39 is 0 Å². The van der Waals surface area contributed by atoms with E-state index in [1.54, 1.807) is 36.7 Å². The minimum atomic E-state index is -0.130. The van der Waals surface area contributed by atoms with Crippen LogP contribution in [-0.4, -0.2) is 20.7 Å². The van der Waals surface area contributed by atoms with Crippen molar-refractivity contribution in [3.63, 3.8) is 0 Å². The summed E-state index contributed by atoms with van der Waals surface area (Å²) in [6.07, 6.45) is 5.36. The van der Waals surface area contributed by atoms with Gasteiger partial charge in [0.1, 0.15) is 5.75 Å². The Morgan fingerprint density at radius 3 is 2.57 bits per heavy atom. The molecule has 7 heteroatoms. The average Bonchev–Trinajstić information content (AvgIpc) is 3.42. The molecule has 0 aliphatic carbocycles. The summed E-state index contributed by atoms with van der Waals surface area (Å²) in [5.74, 6) is 0.519. The first-order valence-corrected chi connectivity index (χ1v) is 9.66. The van der Waals surface area contributed by atoms with Crippen LogP contribution in [0.2, 0.25) is 0 Å². The van der Waals surface area contributed by atoms with Crippen LogP contribution in [0.1, 0.15) is 21.5 Å². The number of nitrogens with zero attached hydrogens (tertiary/aromatic N) is 3. The lowest BCUT2D eigenvalue weighted by molar-refractivity contribution is 0.0951. The summed E-state index contributed by atoms with van der Waals surface area (Å²) in [7, 11) is 0. The van der Waals surface area contributed by atoms with Gasteiger partial charge >= 0.3 is 0 Å². The topological polar surface area (TPSA) is 69.0 Å². The minimum absolute atomic E-state index is 0.130. The monoisotopic (exact) mass is 390 g/mol. The van der Waals surface area contributed by atoms with E-state index in [4.69, 9.17) is 4.74 Å². The van der Waals surface area contributed by atoms with Gasteiger partial charge in [0, 0.05) is 36.1 Å². The van der Waals surface area contributed by atoms with Crippen molar-refractivity contribution in [2.45, 2.75) is 13.1 Å². The maximum absolute atomic E-state index is 12.5. The predicted molar refractivity (Wildman–Crippen MR) is 108 cm³/mol. The number of hydrogen-bond donors (Lipinski definition) is 1. The normalized spacial score (nSPS) is 10.6. The Labute approximate surface area is 166 Å². The van der Waals surface area contributed by atoms with Crippen LogP contribution in [0.15, 0.2) is 78.6 Å². The van der Waals surface area contributed by atoms with Gasteiger partial charge in [-0.2, -0.15) is 5.10 Å². The molecule has 140 valence electrons. The zero-order valence-electron chi connectivity index (χ0n) is 15.0. The molecule has 1 amide bonds. The number of benzene rings is 2. The summed E-state index contributed by atoms with van der Waals surface area (Å²) in [6.45, 7) is 1.12. The van der Waals surface area contributed by atoms with E-state index in [2.05, 4.69) is 15.4 Å². The molecular formula is C21H18N4O2S. The average molecular weight is 390 g/mol. The van der Waals surface area contributed by atoms with E-state index in [1.807, 2.05) is 46.6 Å². The molecule has 0 spiro atoms. The molecule has 4 rings (SSSR count). The van der Waals surface area contributed by atoms with Gasteiger partial charge in [0.15, 0.2) is 0 Å². The van der Waals surface area contributed by atoms with Gasteiger partial charge in [0.2, 0.25) is 0 Å². The number of ether oxygens (including phenoxy) is 1. The second-order valence-corrected chi connectivity index (χ2v) is 6.94. The van der Waals surface area contributed by atoms with E-state index in [1.165, 1.54) is 11.3 Å². The molecule has 0 aliphatic heterocycles. The first-order valence-electron chi connectivity index (χ1n) is 8.78. The van der Waals surface area contributed by atoms with Crippen molar-refractivity contribution >= 4 is 17.2 Å². The van der Waals surface area contributed by atoms with Gasteiger partial charge in [0.25, 0.3) is 11.1 Å². The lowest BCUT2D eigenvalue weighted by Crippen LogP contribution is -2.23. The summed E-state index contributed by atoms with van der Waals surface area (Å²) in [4.78, 5) is 16.6. The predicted octanol–water partition coefficient (Wildman–Crippen LogP) is 4.11. The molecule has 0 aliphatic rings.